The van der Waals surface area contributed by atoms with E-state index in [0.29, 0.717) is 0 Å². The van der Waals surface area contributed by atoms with Crippen molar-refractivity contribution in [3.05, 3.63) is 0 Å². The lowest BCUT2D eigenvalue weighted by Gasteiger charge is -2.21. The van der Waals surface area contributed by atoms with E-state index in [-0.39, 0.29) is 0 Å². The van der Waals surface area contributed by atoms with Gasteiger partial charge in [-0.25, -0.2) is 0 Å². The molecule has 1 rings (SSSR count). The van der Waals surface area contributed by atoms with E-state index in [2.05, 4.69) is 19.2 Å². The van der Waals surface area contributed by atoms with Gasteiger partial charge in [-0.2, -0.15) is 0 Å². The molecule has 0 unspecified atom stereocenters. The Hall–Kier alpha value is -0.0800. The van der Waals surface area contributed by atoms with Crippen molar-refractivity contribution in [2.24, 2.45) is 11.8 Å². The molecule has 1 fully saturated rings. The molecule has 0 aromatic rings. The first-order valence-corrected chi connectivity index (χ1v) is 8.07. The van der Waals surface area contributed by atoms with Crippen molar-refractivity contribution in [1.82, 2.24) is 5.32 Å². The first-order chi connectivity index (χ1) is 8.79. The molecule has 2 heteroatoms. The van der Waals surface area contributed by atoms with Gasteiger partial charge in [-0.1, -0.05) is 39.5 Å². The third-order valence-corrected chi connectivity index (χ3v) is 3.94. The van der Waals surface area contributed by atoms with E-state index in [0.717, 1.165) is 25.0 Å². The van der Waals surface area contributed by atoms with Gasteiger partial charge in [0.25, 0.3) is 0 Å². The zero-order valence-electron chi connectivity index (χ0n) is 12.5. The molecule has 1 heterocycles. The number of nitrogens with one attached hydrogen (secondary N) is 1. The van der Waals surface area contributed by atoms with Crippen LogP contribution in [0, 0.1) is 11.8 Å². The van der Waals surface area contributed by atoms with Crippen LogP contribution in [-0.2, 0) is 4.74 Å². The fraction of sp³-hybridized carbons (Fsp3) is 1.00. The summed E-state index contributed by atoms with van der Waals surface area (Å²) in [4.78, 5) is 0. The molecule has 0 spiro atoms. The van der Waals surface area contributed by atoms with Crippen molar-refractivity contribution < 1.29 is 4.74 Å². The molecule has 18 heavy (non-hydrogen) atoms. The summed E-state index contributed by atoms with van der Waals surface area (Å²) in [7, 11) is 0. The molecule has 1 N–H and O–H groups in total. The molecular weight excluding hydrogens is 222 g/mol. The molecule has 0 atom stereocenters. The minimum Gasteiger partial charge on any atom is -0.381 e. The van der Waals surface area contributed by atoms with Crippen molar-refractivity contribution >= 4 is 0 Å². The van der Waals surface area contributed by atoms with Crippen LogP contribution in [0.25, 0.3) is 0 Å². The van der Waals surface area contributed by atoms with Crippen molar-refractivity contribution in [3.63, 3.8) is 0 Å². The largest absolute Gasteiger partial charge is 0.381 e. The Bertz CT molecular complexity index is 176. The van der Waals surface area contributed by atoms with Crippen molar-refractivity contribution in [1.29, 1.82) is 0 Å². The summed E-state index contributed by atoms with van der Waals surface area (Å²) in [5, 5.41) is 3.57. The molecule has 0 radical (unpaired) electrons. The molecule has 0 amide bonds. The van der Waals surface area contributed by atoms with Crippen molar-refractivity contribution in [2.75, 3.05) is 26.3 Å². The standard InChI is InChI=1S/C16H33NO/c1-15(2)7-3-5-11-17-12-6-4-8-16-9-13-18-14-10-16/h15-17H,3-14H2,1-2H3. The lowest BCUT2D eigenvalue weighted by atomic mass is 9.94. The van der Waals surface area contributed by atoms with Gasteiger partial charge in [0.15, 0.2) is 0 Å². The van der Waals surface area contributed by atoms with Gasteiger partial charge in [-0.15, -0.1) is 0 Å². The summed E-state index contributed by atoms with van der Waals surface area (Å²) in [5.74, 6) is 1.81. The Labute approximate surface area is 114 Å². The predicted octanol–water partition coefficient (Wildman–Crippen LogP) is 4.00. The molecule has 1 aliphatic rings. The SMILES string of the molecule is CC(C)CCCCNCCCCC1CCOCC1. The lowest BCUT2D eigenvalue weighted by molar-refractivity contribution is 0.0632. The van der Waals surface area contributed by atoms with E-state index in [4.69, 9.17) is 4.74 Å². The first kappa shape index (κ1) is 16.0. The zero-order chi connectivity index (χ0) is 13.1. The summed E-state index contributed by atoms with van der Waals surface area (Å²) in [6, 6.07) is 0. The van der Waals surface area contributed by atoms with Crippen LogP contribution >= 0.6 is 0 Å². The van der Waals surface area contributed by atoms with Crippen LogP contribution < -0.4 is 5.32 Å². The Kier molecular flexibility index (Phi) is 9.59. The molecule has 1 aliphatic heterocycles. The zero-order valence-corrected chi connectivity index (χ0v) is 12.5. The van der Waals surface area contributed by atoms with Crippen molar-refractivity contribution in [2.45, 2.75) is 65.2 Å². The topological polar surface area (TPSA) is 21.3 Å². The van der Waals surface area contributed by atoms with Gasteiger partial charge in [-0.3, -0.25) is 0 Å². The van der Waals surface area contributed by atoms with Crippen LogP contribution in [0.4, 0.5) is 0 Å². The molecule has 1 saturated heterocycles. The summed E-state index contributed by atoms with van der Waals surface area (Å²) < 4.78 is 5.39. The van der Waals surface area contributed by atoms with E-state index >= 15 is 0 Å². The molecular formula is C16H33NO. The van der Waals surface area contributed by atoms with Gasteiger partial charge in [0.05, 0.1) is 0 Å². The summed E-state index contributed by atoms with van der Waals surface area (Å²) in [6.45, 7) is 9.04. The van der Waals surface area contributed by atoms with Gasteiger partial charge in [0.1, 0.15) is 0 Å². The van der Waals surface area contributed by atoms with Crippen LogP contribution in [-0.4, -0.2) is 26.3 Å². The summed E-state index contributed by atoms with van der Waals surface area (Å²) in [5.41, 5.74) is 0. The second-order valence-electron chi connectivity index (χ2n) is 6.19. The Balaban J connectivity index is 1.75. The number of rotatable bonds is 10. The predicted molar refractivity (Wildman–Crippen MR) is 79.0 cm³/mol. The van der Waals surface area contributed by atoms with Gasteiger partial charge >= 0.3 is 0 Å². The molecule has 0 aromatic carbocycles. The van der Waals surface area contributed by atoms with Gasteiger partial charge in [0, 0.05) is 13.2 Å². The lowest BCUT2D eigenvalue weighted by Crippen LogP contribution is -2.18. The maximum atomic E-state index is 5.39. The minimum absolute atomic E-state index is 0.865. The van der Waals surface area contributed by atoms with E-state index in [1.165, 1.54) is 64.5 Å². The van der Waals surface area contributed by atoms with Crippen molar-refractivity contribution in [3.8, 4) is 0 Å². The fourth-order valence-electron chi connectivity index (χ4n) is 2.65. The maximum absolute atomic E-state index is 5.39. The van der Waals surface area contributed by atoms with Crippen LogP contribution in [0.1, 0.15) is 65.2 Å². The van der Waals surface area contributed by atoms with Crippen LogP contribution in [0.3, 0.4) is 0 Å². The molecule has 0 bridgehead atoms. The van der Waals surface area contributed by atoms with E-state index in [1.807, 2.05) is 0 Å². The average molecular weight is 255 g/mol. The highest BCUT2D eigenvalue weighted by Gasteiger charge is 2.12. The monoisotopic (exact) mass is 255 g/mol. The van der Waals surface area contributed by atoms with Crippen LogP contribution in [0.2, 0.25) is 0 Å². The quantitative estimate of drug-likeness (QED) is 0.596. The normalized spacial score (nSPS) is 17.5. The third kappa shape index (κ3) is 8.93. The van der Waals surface area contributed by atoms with E-state index < -0.39 is 0 Å². The van der Waals surface area contributed by atoms with Crippen LogP contribution in [0.15, 0.2) is 0 Å². The number of hydrogen-bond acceptors (Lipinski definition) is 2. The first-order valence-electron chi connectivity index (χ1n) is 8.07. The maximum Gasteiger partial charge on any atom is 0.0468 e. The summed E-state index contributed by atoms with van der Waals surface area (Å²) in [6.07, 6.45) is 10.9. The fourth-order valence-corrected chi connectivity index (χ4v) is 2.65. The van der Waals surface area contributed by atoms with Crippen LogP contribution in [0.5, 0.6) is 0 Å². The smallest absolute Gasteiger partial charge is 0.0468 e. The molecule has 0 saturated carbocycles. The van der Waals surface area contributed by atoms with Gasteiger partial charge in [0.2, 0.25) is 0 Å². The minimum atomic E-state index is 0.865. The molecule has 0 aromatic heterocycles. The third-order valence-electron chi connectivity index (χ3n) is 3.94. The Morgan fingerprint density at radius 3 is 2.33 bits per heavy atom. The molecule has 0 aliphatic carbocycles. The molecule has 2 nitrogen and oxygen atoms in total. The number of hydrogen-bond donors (Lipinski definition) is 1. The second kappa shape index (κ2) is 10.8. The second-order valence-corrected chi connectivity index (χ2v) is 6.19. The van der Waals surface area contributed by atoms with E-state index in [9.17, 15) is 0 Å². The average Bonchev–Trinajstić information content (AvgIpc) is 2.37. The van der Waals surface area contributed by atoms with Gasteiger partial charge < -0.3 is 10.1 Å². The highest BCUT2D eigenvalue weighted by Crippen LogP contribution is 2.20. The Morgan fingerprint density at radius 2 is 1.67 bits per heavy atom. The molecule has 108 valence electrons. The highest BCUT2D eigenvalue weighted by atomic mass is 16.5. The number of unbranched alkanes of at least 4 members (excludes halogenated alkanes) is 2. The summed E-state index contributed by atoms with van der Waals surface area (Å²) >= 11 is 0. The highest BCUT2D eigenvalue weighted by molar-refractivity contribution is 4.63. The Morgan fingerprint density at radius 1 is 1.00 bits per heavy atom. The number of ether oxygens (including phenoxy) is 1. The van der Waals surface area contributed by atoms with E-state index in [1.54, 1.807) is 0 Å². The van der Waals surface area contributed by atoms with Gasteiger partial charge in [-0.05, 0) is 50.6 Å².